The normalized spacial score (nSPS) is 11.5. The van der Waals surface area contributed by atoms with E-state index in [0.29, 0.717) is 13.2 Å². The van der Waals surface area contributed by atoms with Crippen LogP contribution in [0, 0.1) is 0 Å². The van der Waals surface area contributed by atoms with E-state index in [9.17, 15) is 22.8 Å². The number of ether oxygens (including phenoxy) is 2. The topological polar surface area (TPSA) is 107 Å². The quantitative estimate of drug-likeness (QED) is 0.561. The number of nitrogens with one attached hydrogen (secondary N) is 2. The van der Waals surface area contributed by atoms with Crippen molar-refractivity contribution in [2.45, 2.75) is 32.9 Å². The van der Waals surface area contributed by atoms with E-state index in [1.54, 1.807) is 5.32 Å². The lowest BCUT2D eigenvalue weighted by Crippen LogP contribution is -2.34. The van der Waals surface area contributed by atoms with Gasteiger partial charge < -0.3 is 20.1 Å². The summed E-state index contributed by atoms with van der Waals surface area (Å²) >= 11 is 0. The summed E-state index contributed by atoms with van der Waals surface area (Å²) in [6, 6.07) is 5.69. The molecule has 9 nitrogen and oxygen atoms in total. The zero-order chi connectivity index (χ0) is 22.1. The summed E-state index contributed by atoms with van der Waals surface area (Å²) in [4.78, 5) is 24.5. The van der Waals surface area contributed by atoms with Crippen LogP contribution in [0.5, 0.6) is 0 Å². The molecular formula is C18H22F3N5O4. The van der Waals surface area contributed by atoms with Gasteiger partial charge in [0.05, 0.1) is 24.0 Å². The number of anilines is 1. The number of nitrogens with zero attached hydrogens (tertiary/aromatic N) is 3. The van der Waals surface area contributed by atoms with Gasteiger partial charge in [-0.15, -0.1) is 5.10 Å². The van der Waals surface area contributed by atoms with Crippen molar-refractivity contribution in [3.63, 3.8) is 0 Å². The van der Waals surface area contributed by atoms with Gasteiger partial charge in [0.1, 0.15) is 6.54 Å². The minimum atomic E-state index is -4.55. The number of hydrogen-bond donors (Lipinski definition) is 2. The molecule has 0 atom stereocenters. The van der Waals surface area contributed by atoms with Gasteiger partial charge in [-0.3, -0.25) is 9.59 Å². The molecule has 0 unspecified atom stereocenters. The molecule has 2 N–H and O–H groups in total. The number of halogens is 3. The molecule has 0 aliphatic heterocycles. The molecule has 0 fully saturated rings. The molecule has 0 radical (unpaired) electrons. The lowest BCUT2D eigenvalue weighted by atomic mass is 10.1. The van der Waals surface area contributed by atoms with Gasteiger partial charge in [-0.1, -0.05) is 17.3 Å². The molecule has 2 amide bonds. The van der Waals surface area contributed by atoms with Gasteiger partial charge in [-0.25, -0.2) is 4.68 Å². The van der Waals surface area contributed by atoms with Crippen LogP contribution in [0.2, 0.25) is 0 Å². The van der Waals surface area contributed by atoms with Crippen LogP contribution in [-0.4, -0.2) is 59.0 Å². The second-order valence-electron chi connectivity index (χ2n) is 5.96. The fraction of sp³-hybridized carbons (Fsp3) is 0.444. The highest BCUT2D eigenvalue weighted by Gasteiger charge is 2.28. The predicted octanol–water partition coefficient (Wildman–Crippen LogP) is 2.22. The highest BCUT2D eigenvalue weighted by atomic mass is 19.4. The summed E-state index contributed by atoms with van der Waals surface area (Å²) in [7, 11) is 0. The summed E-state index contributed by atoms with van der Waals surface area (Å²) in [6.07, 6.45) is -3.74. The molecule has 164 valence electrons. The molecule has 0 spiro atoms. The maximum absolute atomic E-state index is 12.5. The van der Waals surface area contributed by atoms with E-state index in [1.807, 2.05) is 13.8 Å². The Morgan fingerprint density at radius 3 is 2.43 bits per heavy atom. The summed E-state index contributed by atoms with van der Waals surface area (Å²) in [5.41, 5.74) is -0.124. The number of benzene rings is 1. The van der Waals surface area contributed by atoms with Crippen molar-refractivity contribution in [3.8, 4) is 0 Å². The van der Waals surface area contributed by atoms with Crippen LogP contribution in [0.4, 0.5) is 18.9 Å². The number of aromatic nitrogens is 3. The number of rotatable bonds is 10. The summed E-state index contributed by atoms with van der Waals surface area (Å²) in [6.45, 7) is 3.21. The van der Waals surface area contributed by atoms with Crippen LogP contribution in [0.25, 0.3) is 0 Å². The van der Waals surface area contributed by atoms with Crippen molar-refractivity contribution < 1.29 is 32.2 Å². The van der Waals surface area contributed by atoms with E-state index >= 15 is 0 Å². The highest BCUT2D eigenvalue weighted by Crippen LogP contribution is 2.17. The maximum atomic E-state index is 12.5. The molecule has 1 aromatic carbocycles. The van der Waals surface area contributed by atoms with Crippen LogP contribution in [0.15, 0.2) is 30.5 Å². The average Bonchev–Trinajstić information content (AvgIpc) is 3.15. The van der Waals surface area contributed by atoms with E-state index in [2.05, 4.69) is 15.6 Å². The standard InChI is InChI=1S/C18H22F3N5O4/c1-3-29-15(30-4-2)10-26-9-14(24-25-26)17(28)23-13-8-6-5-7-12(13)16(27)22-11-18(19,20)21/h5-9,15H,3-4,10-11H2,1-2H3,(H,22,27)(H,23,28). The third-order valence-corrected chi connectivity index (χ3v) is 3.68. The van der Waals surface area contributed by atoms with Crippen LogP contribution < -0.4 is 10.6 Å². The first-order valence-corrected chi connectivity index (χ1v) is 9.12. The van der Waals surface area contributed by atoms with Gasteiger partial charge in [0.2, 0.25) is 0 Å². The molecule has 0 bridgehead atoms. The number of carbonyl (C=O) groups excluding carboxylic acids is 2. The Labute approximate surface area is 170 Å². The Morgan fingerprint density at radius 2 is 1.80 bits per heavy atom. The van der Waals surface area contributed by atoms with Gasteiger partial charge in [-0.05, 0) is 26.0 Å². The number of carbonyl (C=O) groups is 2. The molecule has 0 aliphatic carbocycles. The molecule has 0 saturated carbocycles. The summed E-state index contributed by atoms with van der Waals surface area (Å²) < 4.78 is 49.2. The Kier molecular flexibility index (Phi) is 8.30. The van der Waals surface area contributed by atoms with E-state index in [4.69, 9.17) is 9.47 Å². The van der Waals surface area contributed by atoms with Crippen molar-refractivity contribution in [2.75, 3.05) is 25.1 Å². The van der Waals surface area contributed by atoms with Crippen LogP contribution >= 0.6 is 0 Å². The van der Waals surface area contributed by atoms with E-state index in [1.165, 1.54) is 35.1 Å². The Morgan fingerprint density at radius 1 is 1.13 bits per heavy atom. The predicted molar refractivity (Wildman–Crippen MR) is 99.8 cm³/mol. The van der Waals surface area contributed by atoms with E-state index in [0.717, 1.165) is 0 Å². The second-order valence-corrected chi connectivity index (χ2v) is 5.96. The molecule has 1 heterocycles. The largest absolute Gasteiger partial charge is 0.405 e. The number of hydrogen-bond acceptors (Lipinski definition) is 6. The number of alkyl halides is 3. The molecule has 12 heteroatoms. The zero-order valence-corrected chi connectivity index (χ0v) is 16.4. The SMILES string of the molecule is CCOC(Cn1cc(C(=O)Nc2ccccc2C(=O)NCC(F)(F)F)nn1)OCC. The first-order valence-electron chi connectivity index (χ1n) is 9.12. The summed E-state index contributed by atoms with van der Waals surface area (Å²) in [5, 5.41) is 11.8. The average molecular weight is 429 g/mol. The monoisotopic (exact) mass is 429 g/mol. The summed E-state index contributed by atoms with van der Waals surface area (Å²) in [5.74, 6) is -1.65. The third kappa shape index (κ3) is 7.12. The lowest BCUT2D eigenvalue weighted by molar-refractivity contribution is -0.145. The fourth-order valence-corrected chi connectivity index (χ4v) is 2.42. The van der Waals surface area contributed by atoms with Crippen molar-refractivity contribution in [3.05, 3.63) is 41.7 Å². The van der Waals surface area contributed by atoms with Crippen molar-refractivity contribution in [1.29, 1.82) is 0 Å². The van der Waals surface area contributed by atoms with Gasteiger partial charge in [0.15, 0.2) is 12.0 Å². The highest BCUT2D eigenvalue weighted by molar-refractivity contribution is 6.08. The van der Waals surface area contributed by atoms with Crippen LogP contribution in [-0.2, 0) is 16.0 Å². The lowest BCUT2D eigenvalue weighted by Gasteiger charge is -2.16. The fourth-order valence-electron chi connectivity index (χ4n) is 2.42. The van der Waals surface area contributed by atoms with Gasteiger partial charge >= 0.3 is 6.18 Å². The van der Waals surface area contributed by atoms with Gasteiger partial charge in [-0.2, -0.15) is 13.2 Å². The number of para-hydroxylation sites is 1. The van der Waals surface area contributed by atoms with Crippen molar-refractivity contribution in [2.24, 2.45) is 0 Å². The second kappa shape index (κ2) is 10.7. The Hall–Kier alpha value is -2.99. The van der Waals surface area contributed by atoms with Crippen LogP contribution in [0.1, 0.15) is 34.7 Å². The maximum Gasteiger partial charge on any atom is 0.405 e. The molecule has 0 saturated heterocycles. The Bertz CT molecular complexity index is 850. The van der Waals surface area contributed by atoms with Crippen molar-refractivity contribution in [1.82, 2.24) is 20.3 Å². The number of amides is 2. The van der Waals surface area contributed by atoms with Gasteiger partial charge in [0.25, 0.3) is 11.8 Å². The first-order chi connectivity index (χ1) is 14.2. The van der Waals surface area contributed by atoms with Crippen LogP contribution in [0.3, 0.4) is 0 Å². The van der Waals surface area contributed by atoms with Crippen molar-refractivity contribution >= 4 is 17.5 Å². The minimum absolute atomic E-state index is 0.0400. The Balaban J connectivity index is 2.06. The third-order valence-electron chi connectivity index (χ3n) is 3.68. The molecular weight excluding hydrogens is 407 g/mol. The van der Waals surface area contributed by atoms with E-state index in [-0.39, 0.29) is 23.5 Å². The minimum Gasteiger partial charge on any atom is -0.351 e. The van der Waals surface area contributed by atoms with Gasteiger partial charge in [0, 0.05) is 13.2 Å². The zero-order valence-electron chi connectivity index (χ0n) is 16.4. The smallest absolute Gasteiger partial charge is 0.351 e. The molecule has 30 heavy (non-hydrogen) atoms. The molecule has 0 aliphatic rings. The first kappa shape index (κ1) is 23.3. The van der Waals surface area contributed by atoms with E-state index < -0.39 is 30.8 Å². The molecule has 2 aromatic rings. The molecule has 2 rings (SSSR count). The molecule has 1 aromatic heterocycles.